The maximum atomic E-state index is 9.15. The molecular formula is C15H21N3O. The third kappa shape index (κ3) is 2.80. The average Bonchev–Trinajstić information content (AvgIpc) is 2.81. The first-order valence-electron chi connectivity index (χ1n) is 7.02. The number of aryl methyl sites for hydroxylation is 1. The Kier molecular flexibility index (Phi) is 3.53. The van der Waals surface area contributed by atoms with E-state index >= 15 is 0 Å². The standard InChI is InChI=1S/C15H21N3O/c1-12-2-3-15-16-14(10-18(15)8-12)9-17-6-4-13(11-19)5-7-17/h2-3,8,10,13,19H,4-7,9,11H2,1H3. The highest BCUT2D eigenvalue weighted by atomic mass is 16.3. The molecule has 19 heavy (non-hydrogen) atoms. The van der Waals surface area contributed by atoms with Crippen LogP contribution in [0.15, 0.2) is 24.5 Å². The normalized spacial score (nSPS) is 18.2. The minimum Gasteiger partial charge on any atom is -0.396 e. The Morgan fingerprint density at radius 2 is 2.05 bits per heavy atom. The van der Waals surface area contributed by atoms with Crippen molar-refractivity contribution >= 4 is 5.65 Å². The molecule has 0 spiro atoms. The van der Waals surface area contributed by atoms with Gasteiger partial charge in [-0.15, -0.1) is 0 Å². The van der Waals surface area contributed by atoms with Gasteiger partial charge in [0.15, 0.2) is 0 Å². The summed E-state index contributed by atoms with van der Waals surface area (Å²) in [5.41, 5.74) is 3.40. The van der Waals surface area contributed by atoms with E-state index in [4.69, 9.17) is 5.11 Å². The average molecular weight is 259 g/mol. The molecule has 3 heterocycles. The van der Waals surface area contributed by atoms with Gasteiger partial charge in [-0.25, -0.2) is 4.98 Å². The van der Waals surface area contributed by atoms with Crippen LogP contribution < -0.4 is 0 Å². The molecule has 4 nitrogen and oxygen atoms in total. The number of pyridine rings is 1. The van der Waals surface area contributed by atoms with Crippen molar-refractivity contribution in [2.24, 2.45) is 5.92 Å². The van der Waals surface area contributed by atoms with Crippen molar-refractivity contribution in [2.45, 2.75) is 26.3 Å². The number of aromatic nitrogens is 2. The van der Waals surface area contributed by atoms with Crippen molar-refractivity contribution < 1.29 is 5.11 Å². The monoisotopic (exact) mass is 259 g/mol. The number of rotatable bonds is 3. The summed E-state index contributed by atoms with van der Waals surface area (Å²) in [5, 5.41) is 9.15. The molecule has 1 aliphatic heterocycles. The van der Waals surface area contributed by atoms with Crippen LogP contribution in [0, 0.1) is 12.8 Å². The lowest BCUT2D eigenvalue weighted by Gasteiger charge is -2.30. The Morgan fingerprint density at radius 1 is 1.26 bits per heavy atom. The molecule has 1 saturated heterocycles. The van der Waals surface area contributed by atoms with Gasteiger partial charge in [0.1, 0.15) is 5.65 Å². The van der Waals surface area contributed by atoms with Gasteiger partial charge in [0.2, 0.25) is 0 Å². The number of nitrogens with zero attached hydrogens (tertiary/aromatic N) is 3. The second kappa shape index (κ2) is 5.31. The molecule has 0 radical (unpaired) electrons. The SMILES string of the molecule is Cc1ccc2nc(CN3CCC(CO)CC3)cn2c1. The maximum absolute atomic E-state index is 9.15. The van der Waals surface area contributed by atoms with Crippen molar-refractivity contribution in [3.63, 3.8) is 0 Å². The molecule has 1 aliphatic rings. The number of piperidine rings is 1. The zero-order valence-electron chi connectivity index (χ0n) is 11.4. The van der Waals surface area contributed by atoms with Crippen LogP contribution >= 0.6 is 0 Å². The lowest BCUT2D eigenvalue weighted by molar-refractivity contribution is 0.126. The quantitative estimate of drug-likeness (QED) is 0.914. The zero-order chi connectivity index (χ0) is 13.2. The highest BCUT2D eigenvalue weighted by Crippen LogP contribution is 2.18. The van der Waals surface area contributed by atoms with Gasteiger partial charge < -0.3 is 9.51 Å². The van der Waals surface area contributed by atoms with Crippen LogP contribution in [0.4, 0.5) is 0 Å². The van der Waals surface area contributed by atoms with Gasteiger partial charge in [-0.1, -0.05) is 6.07 Å². The molecule has 0 atom stereocenters. The predicted octanol–water partition coefficient (Wildman–Crippen LogP) is 1.85. The van der Waals surface area contributed by atoms with Crippen LogP contribution in [0.2, 0.25) is 0 Å². The fourth-order valence-corrected chi connectivity index (χ4v) is 2.79. The van der Waals surface area contributed by atoms with Crippen molar-refractivity contribution in [2.75, 3.05) is 19.7 Å². The number of hydrogen-bond acceptors (Lipinski definition) is 3. The lowest BCUT2D eigenvalue weighted by Crippen LogP contribution is -2.34. The van der Waals surface area contributed by atoms with E-state index in [1.54, 1.807) is 0 Å². The predicted molar refractivity (Wildman–Crippen MR) is 75.0 cm³/mol. The Hall–Kier alpha value is -1.39. The van der Waals surface area contributed by atoms with Gasteiger partial charge in [0.25, 0.3) is 0 Å². The van der Waals surface area contributed by atoms with Crippen molar-refractivity contribution in [3.8, 4) is 0 Å². The van der Waals surface area contributed by atoms with Gasteiger partial charge >= 0.3 is 0 Å². The first kappa shape index (κ1) is 12.6. The van der Waals surface area contributed by atoms with Crippen LogP contribution in [0.3, 0.4) is 0 Å². The highest BCUT2D eigenvalue weighted by Gasteiger charge is 2.19. The molecule has 0 aromatic carbocycles. The Bertz CT molecular complexity index is 556. The third-order valence-corrected chi connectivity index (χ3v) is 4.00. The number of aliphatic hydroxyl groups excluding tert-OH is 1. The second-order valence-corrected chi connectivity index (χ2v) is 5.61. The number of aliphatic hydroxyl groups is 1. The molecule has 0 aliphatic carbocycles. The number of likely N-dealkylation sites (tertiary alicyclic amines) is 1. The maximum Gasteiger partial charge on any atom is 0.137 e. The Balaban J connectivity index is 1.68. The molecule has 0 bridgehead atoms. The summed E-state index contributed by atoms with van der Waals surface area (Å²) in [7, 11) is 0. The molecule has 0 saturated carbocycles. The van der Waals surface area contributed by atoms with E-state index in [1.807, 2.05) is 0 Å². The van der Waals surface area contributed by atoms with Gasteiger partial charge in [0, 0.05) is 25.5 Å². The lowest BCUT2D eigenvalue weighted by atomic mass is 9.98. The Labute approximate surface area is 113 Å². The summed E-state index contributed by atoms with van der Waals surface area (Å²) < 4.78 is 2.10. The second-order valence-electron chi connectivity index (χ2n) is 5.61. The highest BCUT2D eigenvalue weighted by molar-refractivity contribution is 5.41. The first-order chi connectivity index (χ1) is 9.24. The number of hydrogen-bond donors (Lipinski definition) is 1. The fraction of sp³-hybridized carbons (Fsp3) is 0.533. The minimum atomic E-state index is 0.335. The summed E-state index contributed by atoms with van der Waals surface area (Å²) >= 11 is 0. The van der Waals surface area contributed by atoms with Crippen molar-refractivity contribution in [3.05, 3.63) is 35.8 Å². The topological polar surface area (TPSA) is 40.8 Å². The molecule has 0 amide bonds. The van der Waals surface area contributed by atoms with Crippen LogP contribution in [0.5, 0.6) is 0 Å². The zero-order valence-corrected chi connectivity index (χ0v) is 11.4. The Morgan fingerprint density at radius 3 is 2.79 bits per heavy atom. The molecule has 0 unspecified atom stereocenters. The molecule has 1 N–H and O–H groups in total. The van der Waals surface area contributed by atoms with Crippen LogP contribution in [-0.2, 0) is 6.54 Å². The first-order valence-corrected chi connectivity index (χ1v) is 7.02. The van der Waals surface area contributed by atoms with E-state index < -0.39 is 0 Å². The van der Waals surface area contributed by atoms with E-state index in [1.165, 1.54) is 5.56 Å². The van der Waals surface area contributed by atoms with Crippen molar-refractivity contribution in [1.82, 2.24) is 14.3 Å². The summed E-state index contributed by atoms with van der Waals surface area (Å²) in [6, 6.07) is 4.16. The number of imidazole rings is 1. The molecule has 4 heteroatoms. The largest absolute Gasteiger partial charge is 0.396 e. The van der Waals surface area contributed by atoms with Crippen LogP contribution in [0.25, 0.3) is 5.65 Å². The van der Waals surface area contributed by atoms with Crippen LogP contribution in [-0.4, -0.2) is 39.1 Å². The summed E-state index contributed by atoms with van der Waals surface area (Å²) in [6.07, 6.45) is 6.44. The number of fused-ring (bicyclic) bond motifs is 1. The van der Waals surface area contributed by atoms with Gasteiger partial charge in [0.05, 0.1) is 5.69 Å². The molecule has 2 aromatic heterocycles. The molecule has 1 fully saturated rings. The summed E-state index contributed by atoms with van der Waals surface area (Å²) in [4.78, 5) is 7.09. The van der Waals surface area contributed by atoms with E-state index in [-0.39, 0.29) is 0 Å². The van der Waals surface area contributed by atoms with E-state index in [9.17, 15) is 0 Å². The van der Waals surface area contributed by atoms with Crippen LogP contribution in [0.1, 0.15) is 24.1 Å². The van der Waals surface area contributed by atoms with Gasteiger partial charge in [-0.2, -0.15) is 0 Å². The van der Waals surface area contributed by atoms with E-state index in [2.05, 4.69) is 45.7 Å². The van der Waals surface area contributed by atoms with E-state index in [0.29, 0.717) is 12.5 Å². The summed E-state index contributed by atoms with van der Waals surface area (Å²) in [6.45, 7) is 5.48. The minimum absolute atomic E-state index is 0.335. The van der Waals surface area contributed by atoms with Gasteiger partial charge in [-0.3, -0.25) is 4.90 Å². The van der Waals surface area contributed by atoms with Gasteiger partial charge in [-0.05, 0) is 50.4 Å². The van der Waals surface area contributed by atoms with Crippen molar-refractivity contribution in [1.29, 1.82) is 0 Å². The molecule has 102 valence electrons. The molecular weight excluding hydrogens is 238 g/mol. The third-order valence-electron chi connectivity index (χ3n) is 4.00. The smallest absolute Gasteiger partial charge is 0.137 e. The summed E-state index contributed by atoms with van der Waals surface area (Å²) in [5.74, 6) is 0.500. The molecule has 2 aromatic rings. The molecule has 3 rings (SSSR count). The fourth-order valence-electron chi connectivity index (χ4n) is 2.79. The van der Waals surface area contributed by atoms with E-state index in [0.717, 1.165) is 43.8 Å².